The summed E-state index contributed by atoms with van der Waals surface area (Å²) >= 11 is 0. The van der Waals surface area contributed by atoms with Crippen molar-refractivity contribution in [3.8, 4) is 5.75 Å². The molecule has 7 heteroatoms. The van der Waals surface area contributed by atoms with Crippen LogP contribution in [-0.4, -0.2) is 29.2 Å². The molecule has 1 aliphatic rings. The van der Waals surface area contributed by atoms with Gasteiger partial charge in [0.05, 0.1) is 24.6 Å². The summed E-state index contributed by atoms with van der Waals surface area (Å²) in [7, 11) is 0. The molecule has 0 amide bonds. The topological polar surface area (TPSA) is 38.2 Å². The molecule has 1 fully saturated rings. The molecule has 1 saturated heterocycles. The number of nitrogens with zero attached hydrogens (tertiary/aromatic N) is 3. The van der Waals surface area contributed by atoms with Gasteiger partial charge in [-0.1, -0.05) is 0 Å². The van der Waals surface area contributed by atoms with Gasteiger partial charge in [0.2, 0.25) is 0 Å². The van der Waals surface area contributed by atoms with Gasteiger partial charge in [-0.15, -0.1) is 0 Å². The zero-order chi connectivity index (χ0) is 16.3. The molecule has 2 aromatic rings. The molecule has 0 spiro atoms. The Kier molecular flexibility index (Phi) is 4.36. The Morgan fingerprint density at radius 2 is 2.04 bits per heavy atom. The lowest BCUT2D eigenvalue weighted by Gasteiger charge is -2.34. The maximum atomic E-state index is 12.6. The van der Waals surface area contributed by atoms with Gasteiger partial charge in [0, 0.05) is 12.7 Å². The van der Waals surface area contributed by atoms with Crippen molar-refractivity contribution >= 4 is 5.69 Å². The highest BCUT2D eigenvalue weighted by atomic mass is 19.4. The molecular formula is C16H16F3N3O. The van der Waals surface area contributed by atoms with E-state index in [2.05, 4.69) is 9.97 Å². The van der Waals surface area contributed by atoms with Crippen molar-refractivity contribution in [3.05, 3.63) is 48.5 Å². The van der Waals surface area contributed by atoms with Crippen LogP contribution < -0.4 is 9.64 Å². The third kappa shape index (κ3) is 3.91. The van der Waals surface area contributed by atoms with E-state index in [1.54, 1.807) is 18.5 Å². The van der Waals surface area contributed by atoms with Crippen molar-refractivity contribution in [2.45, 2.75) is 25.1 Å². The second kappa shape index (κ2) is 6.44. The lowest BCUT2D eigenvalue weighted by atomic mass is 10.1. The van der Waals surface area contributed by atoms with Gasteiger partial charge in [-0.05, 0) is 37.1 Å². The third-order valence-corrected chi connectivity index (χ3v) is 3.72. The Labute approximate surface area is 131 Å². The molecule has 1 aliphatic heterocycles. The predicted molar refractivity (Wildman–Crippen MR) is 79.3 cm³/mol. The molecule has 4 nitrogen and oxygen atoms in total. The Hall–Kier alpha value is -2.31. The fraction of sp³-hybridized carbons (Fsp3) is 0.375. The smallest absolute Gasteiger partial charge is 0.433 e. The molecule has 0 bridgehead atoms. The maximum Gasteiger partial charge on any atom is 0.433 e. The van der Waals surface area contributed by atoms with E-state index in [4.69, 9.17) is 4.74 Å². The fourth-order valence-corrected chi connectivity index (χ4v) is 2.62. The summed E-state index contributed by atoms with van der Waals surface area (Å²) in [5.74, 6) is 0.699. The number of aromatic nitrogens is 2. The maximum absolute atomic E-state index is 12.6. The summed E-state index contributed by atoms with van der Waals surface area (Å²) in [4.78, 5) is 9.52. The second-order valence-electron chi connectivity index (χ2n) is 5.42. The first-order valence-corrected chi connectivity index (χ1v) is 7.37. The molecule has 0 aliphatic carbocycles. The van der Waals surface area contributed by atoms with E-state index in [1.165, 1.54) is 12.3 Å². The Bertz CT molecular complexity index is 631. The first-order chi connectivity index (χ1) is 11.0. The summed E-state index contributed by atoms with van der Waals surface area (Å²) < 4.78 is 43.6. The molecule has 1 unspecified atom stereocenters. The zero-order valence-electron chi connectivity index (χ0n) is 12.3. The van der Waals surface area contributed by atoms with Crippen LogP contribution in [0, 0.1) is 0 Å². The minimum absolute atomic E-state index is 0.0183. The molecule has 3 rings (SSSR count). The third-order valence-electron chi connectivity index (χ3n) is 3.72. The minimum atomic E-state index is -4.41. The van der Waals surface area contributed by atoms with Crippen LogP contribution in [-0.2, 0) is 6.18 Å². The molecule has 0 saturated carbocycles. The van der Waals surface area contributed by atoms with Crippen molar-refractivity contribution in [2.24, 2.45) is 0 Å². The fourth-order valence-electron chi connectivity index (χ4n) is 2.62. The molecule has 0 N–H and O–H groups in total. The Morgan fingerprint density at radius 3 is 2.70 bits per heavy atom. The average Bonchev–Trinajstić information content (AvgIpc) is 2.55. The number of anilines is 1. The van der Waals surface area contributed by atoms with Gasteiger partial charge < -0.3 is 9.64 Å². The van der Waals surface area contributed by atoms with Gasteiger partial charge in [-0.2, -0.15) is 13.2 Å². The average molecular weight is 323 g/mol. The number of alkyl halides is 3. The number of hydrogen-bond donors (Lipinski definition) is 0. The normalized spacial score (nSPS) is 18.7. The highest BCUT2D eigenvalue weighted by molar-refractivity contribution is 5.45. The van der Waals surface area contributed by atoms with E-state index in [1.807, 2.05) is 11.0 Å². The molecule has 23 heavy (non-hydrogen) atoms. The monoisotopic (exact) mass is 323 g/mol. The summed E-state index contributed by atoms with van der Waals surface area (Å²) in [6.45, 7) is 1.39. The van der Waals surface area contributed by atoms with Gasteiger partial charge in [-0.25, -0.2) is 4.98 Å². The van der Waals surface area contributed by atoms with E-state index in [9.17, 15) is 13.2 Å². The lowest BCUT2D eigenvalue weighted by molar-refractivity contribution is -0.141. The van der Waals surface area contributed by atoms with Crippen LogP contribution in [0.4, 0.5) is 18.9 Å². The summed E-state index contributed by atoms with van der Waals surface area (Å²) in [5, 5.41) is 0. The largest absolute Gasteiger partial charge is 0.487 e. The number of piperidine rings is 1. The van der Waals surface area contributed by atoms with Gasteiger partial charge in [0.1, 0.15) is 17.5 Å². The summed E-state index contributed by atoms with van der Waals surface area (Å²) in [5.41, 5.74) is -0.195. The number of ether oxygens (including phenoxy) is 1. The highest BCUT2D eigenvalue weighted by Gasteiger charge is 2.32. The van der Waals surface area contributed by atoms with Gasteiger partial charge >= 0.3 is 6.18 Å². The van der Waals surface area contributed by atoms with Crippen LogP contribution in [0.5, 0.6) is 5.75 Å². The quantitative estimate of drug-likeness (QED) is 0.866. The molecule has 0 aromatic carbocycles. The minimum Gasteiger partial charge on any atom is -0.487 e. The molecule has 3 heterocycles. The first-order valence-electron chi connectivity index (χ1n) is 7.37. The van der Waals surface area contributed by atoms with E-state index in [0.29, 0.717) is 18.0 Å². The van der Waals surface area contributed by atoms with Crippen LogP contribution >= 0.6 is 0 Å². The number of halogens is 3. The molecular weight excluding hydrogens is 307 g/mol. The van der Waals surface area contributed by atoms with E-state index in [-0.39, 0.29) is 6.10 Å². The lowest BCUT2D eigenvalue weighted by Crippen LogP contribution is -2.41. The van der Waals surface area contributed by atoms with Crippen molar-refractivity contribution in [2.75, 3.05) is 18.0 Å². The van der Waals surface area contributed by atoms with Crippen molar-refractivity contribution < 1.29 is 17.9 Å². The van der Waals surface area contributed by atoms with Crippen LogP contribution in [0.2, 0.25) is 0 Å². The standard InChI is InChI=1S/C16H16F3N3O/c17-16(18,19)15-6-5-12(9-21-15)22-8-2-4-14(11-22)23-13-3-1-7-20-10-13/h1,3,5-7,9-10,14H,2,4,8,11H2. The van der Waals surface area contributed by atoms with Crippen LogP contribution in [0.15, 0.2) is 42.9 Å². The van der Waals surface area contributed by atoms with Crippen LogP contribution in [0.25, 0.3) is 0 Å². The van der Waals surface area contributed by atoms with Gasteiger partial charge in [-0.3, -0.25) is 4.98 Å². The Balaban J connectivity index is 1.66. The number of rotatable bonds is 3. The molecule has 0 radical (unpaired) electrons. The number of pyridine rings is 2. The predicted octanol–water partition coefficient (Wildman–Crippen LogP) is 3.54. The van der Waals surface area contributed by atoms with Gasteiger partial charge in [0.25, 0.3) is 0 Å². The van der Waals surface area contributed by atoms with E-state index >= 15 is 0 Å². The first kappa shape index (κ1) is 15.6. The van der Waals surface area contributed by atoms with Crippen LogP contribution in [0.3, 0.4) is 0 Å². The van der Waals surface area contributed by atoms with Gasteiger partial charge in [0.15, 0.2) is 0 Å². The zero-order valence-corrected chi connectivity index (χ0v) is 12.3. The van der Waals surface area contributed by atoms with E-state index in [0.717, 1.165) is 25.5 Å². The number of hydrogen-bond acceptors (Lipinski definition) is 4. The summed E-state index contributed by atoms with van der Waals surface area (Å²) in [6, 6.07) is 6.12. The molecule has 122 valence electrons. The Morgan fingerprint density at radius 1 is 1.17 bits per heavy atom. The van der Waals surface area contributed by atoms with Crippen molar-refractivity contribution in [1.29, 1.82) is 0 Å². The highest BCUT2D eigenvalue weighted by Crippen LogP contribution is 2.29. The van der Waals surface area contributed by atoms with Crippen molar-refractivity contribution in [1.82, 2.24) is 9.97 Å². The molecule has 2 aromatic heterocycles. The second-order valence-corrected chi connectivity index (χ2v) is 5.42. The van der Waals surface area contributed by atoms with Crippen molar-refractivity contribution in [3.63, 3.8) is 0 Å². The van der Waals surface area contributed by atoms with Crippen LogP contribution in [0.1, 0.15) is 18.5 Å². The van der Waals surface area contributed by atoms with E-state index < -0.39 is 11.9 Å². The molecule has 1 atom stereocenters. The SMILES string of the molecule is FC(F)(F)c1ccc(N2CCCC(Oc3cccnc3)C2)cn1. The summed E-state index contributed by atoms with van der Waals surface area (Å²) in [6.07, 6.45) is 1.98.